The highest BCUT2D eigenvalue weighted by atomic mass is 35.5. The summed E-state index contributed by atoms with van der Waals surface area (Å²) >= 11 is 6.04. The maximum atomic E-state index is 11.7. The average molecular weight is 300 g/mol. The molecule has 0 saturated heterocycles. The highest BCUT2D eigenvalue weighted by Crippen LogP contribution is 2.31. The molecule has 0 aliphatic rings. The fourth-order valence-electron chi connectivity index (χ4n) is 1.79. The highest BCUT2D eigenvalue weighted by Gasteiger charge is 2.19. The van der Waals surface area contributed by atoms with Gasteiger partial charge in [0.2, 0.25) is 5.91 Å². The van der Waals surface area contributed by atoms with Crippen molar-refractivity contribution in [1.29, 1.82) is 0 Å². The van der Waals surface area contributed by atoms with Gasteiger partial charge < -0.3 is 21.1 Å². The SMILES string of the molecule is CCCNC(=O)CN(C)c1c(Cl)cc(N)cc1C(=O)O. The Kier molecular flexibility index (Phi) is 5.64. The smallest absolute Gasteiger partial charge is 0.337 e. The van der Waals surface area contributed by atoms with Crippen molar-refractivity contribution in [3.05, 3.63) is 22.7 Å². The molecule has 0 unspecified atom stereocenters. The van der Waals surface area contributed by atoms with E-state index in [1.807, 2.05) is 6.92 Å². The highest BCUT2D eigenvalue weighted by molar-refractivity contribution is 6.34. The number of nitrogens with two attached hydrogens (primary N) is 1. The molecule has 0 aliphatic carbocycles. The molecule has 0 fully saturated rings. The molecule has 7 heteroatoms. The second-order valence-electron chi connectivity index (χ2n) is 4.41. The number of hydrogen-bond acceptors (Lipinski definition) is 4. The molecule has 0 spiro atoms. The second-order valence-corrected chi connectivity index (χ2v) is 4.82. The van der Waals surface area contributed by atoms with Crippen LogP contribution in [-0.2, 0) is 4.79 Å². The van der Waals surface area contributed by atoms with Crippen molar-refractivity contribution >= 4 is 34.9 Å². The number of carbonyl (C=O) groups excluding carboxylic acids is 1. The van der Waals surface area contributed by atoms with Crippen LogP contribution in [0.2, 0.25) is 5.02 Å². The Morgan fingerprint density at radius 2 is 2.10 bits per heavy atom. The van der Waals surface area contributed by atoms with Crippen molar-refractivity contribution in [2.45, 2.75) is 13.3 Å². The van der Waals surface area contributed by atoms with E-state index in [0.717, 1.165) is 6.42 Å². The Bertz CT molecular complexity index is 520. The van der Waals surface area contributed by atoms with E-state index in [4.69, 9.17) is 17.3 Å². The number of aromatic carboxylic acids is 1. The molecule has 4 N–H and O–H groups in total. The molecule has 1 aromatic carbocycles. The number of nitrogen functional groups attached to an aromatic ring is 1. The van der Waals surface area contributed by atoms with Gasteiger partial charge in [0.15, 0.2) is 0 Å². The van der Waals surface area contributed by atoms with Gasteiger partial charge >= 0.3 is 5.97 Å². The van der Waals surface area contributed by atoms with Gasteiger partial charge in [-0.25, -0.2) is 4.79 Å². The molecule has 110 valence electrons. The lowest BCUT2D eigenvalue weighted by Crippen LogP contribution is -2.36. The summed E-state index contributed by atoms with van der Waals surface area (Å²) in [5.41, 5.74) is 6.10. The Hall–Kier alpha value is -1.95. The van der Waals surface area contributed by atoms with Crippen LogP contribution in [0.15, 0.2) is 12.1 Å². The van der Waals surface area contributed by atoms with Gasteiger partial charge in [-0.3, -0.25) is 4.79 Å². The van der Waals surface area contributed by atoms with Crippen LogP contribution in [0, 0.1) is 0 Å². The van der Waals surface area contributed by atoms with Crippen LogP contribution >= 0.6 is 11.6 Å². The first-order valence-corrected chi connectivity index (χ1v) is 6.54. The summed E-state index contributed by atoms with van der Waals surface area (Å²) in [6.45, 7) is 2.54. The number of amides is 1. The lowest BCUT2D eigenvalue weighted by atomic mass is 10.1. The van der Waals surface area contributed by atoms with Crippen LogP contribution in [0.5, 0.6) is 0 Å². The fraction of sp³-hybridized carbons (Fsp3) is 0.385. The summed E-state index contributed by atoms with van der Waals surface area (Å²) in [7, 11) is 1.61. The molecular formula is C13H18ClN3O3. The van der Waals surface area contributed by atoms with Crippen LogP contribution < -0.4 is 16.0 Å². The van der Waals surface area contributed by atoms with Gasteiger partial charge in [0.05, 0.1) is 22.8 Å². The lowest BCUT2D eigenvalue weighted by molar-refractivity contribution is -0.119. The van der Waals surface area contributed by atoms with Gasteiger partial charge in [0.1, 0.15) is 0 Å². The third-order valence-electron chi connectivity index (χ3n) is 2.65. The monoisotopic (exact) mass is 299 g/mol. The first-order valence-electron chi connectivity index (χ1n) is 6.17. The molecule has 0 radical (unpaired) electrons. The fourth-order valence-corrected chi connectivity index (χ4v) is 2.16. The van der Waals surface area contributed by atoms with E-state index in [1.165, 1.54) is 17.0 Å². The summed E-state index contributed by atoms with van der Waals surface area (Å²) in [6.07, 6.45) is 0.832. The average Bonchev–Trinajstić information content (AvgIpc) is 2.34. The summed E-state index contributed by atoms with van der Waals surface area (Å²) < 4.78 is 0. The number of carboxylic acid groups (broad SMARTS) is 1. The summed E-state index contributed by atoms with van der Waals surface area (Å²) in [6, 6.07) is 2.79. The molecule has 1 aromatic rings. The van der Waals surface area contributed by atoms with Crippen molar-refractivity contribution < 1.29 is 14.7 Å². The molecule has 0 atom stereocenters. The van der Waals surface area contributed by atoms with Gasteiger partial charge in [0, 0.05) is 19.3 Å². The number of benzene rings is 1. The van der Waals surface area contributed by atoms with E-state index in [0.29, 0.717) is 6.54 Å². The molecule has 0 aliphatic heterocycles. The minimum atomic E-state index is -1.14. The molecule has 0 aromatic heterocycles. The van der Waals surface area contributed by atoms with E-state index < -0.39 is 5.97 Å². The minimum absolute atomic E-state index is 0.0178. The minimum Gasteiger partial charge on any atom is -0.478 e. The normalized spacial score (nSPS) is 10.2. The Morgan fingerprint density at radius 1 is 1.45 bits per heavy atom. The number of rotatable bonds is 6. The zero-order valence-electron chi connectivity index (χ0n) is 11.4. The number of hydrogen-bond donors (Lipinski definition) is 3. The summed E-state index contributed by atoms with van der Waals surface area (Å²) in [5.74, 6) is -1.34. The third kappa shape index (κ3) is 4.03. The molecule has 6 nitrogen and oxygen atoms in total. The van der Waals surface area contributed by atoms with Crippen molar-refractivity contribution in [2.75, 3.05) is 30.8 Å². The van der Waals surface area contributed by atoms with Crippen LogP contribution in [0.4, 0.5) is 11.4 Å². The second kappa shape index (κ2) is 7.00. The van der Waals surface area contributed by atoms with Crippen LogP contribution in [0.3, 0.4) is 0 Å². The van der Waals surface area contributed by atoms with Gasteiger partial charge in [-0.15, -0.1) is 0 Å². The number of nitrogens with one attached hydrogen (secondary N) is 1. The summed E-state index contributed by atoms with van der Waals surface area (Å²) in [5, 5.41) is 12.1. The first-order chi connectivity index (χ1) is 9.36. The Morgan fingerprint density at radius 3 is 2.65 bits per heavy atom. The van der Waals surface area contributed by atoms with E-state index in [2.05, 4.69) is 5.32 Å². The maximum Gasteiger partial charge on any atom is 0.337 e. The van der Waals surface area contributed by atoms with E-state index in [9.17, 15) is 14.7 Å². The predicted octanol–water partition coefficient (Wildman–Crippen LogP) is 1.58. The van der Waals surface area contributed by atoms with Gasteiger partial charge in [0.25, 0.3) is 0 Å². The van der Waals surface area contributed by atoms with Gasteiger partial charge in [-0.1, -0.05) is 18.5 Å². The topological polar surface area (TPSA) is 95.7 Å². The zero-order valence-corrected chi connectivity index (χ0v) is 12.2. The molecule has 0 saturated carbocycles. The van der Waals surface area contributed by atoms with Crippen LogP contribution in [0.25, 0.3) is 0 Å². The standard InChI is InChI=1S/C13H18ClN3O3/c1-3-4-16-11(18)7-17(2)12-9(13(19)20)5-8(15)6-10(12)14/h5-6H,3-4,7,15H2,1-2H3,(H,16,18)(H,19,20). The van der Waals surface area contributed by atoms with Crippen molar-refractivity contribution in [3.8, 4) is 0 Å². The third-order valence-corrected chi connectivity index (χ3v) is 2.94. The summed E-state index contributed by atoms with van der Waals surface area (Å²) in [4.78, 5) is 24.4. The number of carboxylic acids is 1. The molecule has 0 bridgehead atoms. The van der Waals surface area contributed by atoms with Crippen molar-refractivity contribution in [1.82, 2.24) is 5.32 Å². The van der Waals surface area contributed by atoms with Gasteiger partial charge in [-0.2, -0.15) is 0 Å². The number of likely N-dealkylation sites (N-methyl/N-ethyl adjacent to an activating group) is 1. The van der Waals surface area contributed by atoms with Crippen molar-refractivity contribution in [2.24, 2.45) is 0 Å². The largest absolute Gasteiger partial charge is 0.478 e. The van der Waals surface area contributed by atoms with E-state index in [1.54, 1.807) is 7.05 Å². The Balaban J connectivity index is 3.00. The number of halogens is 1. The maximum absolute atomic E-state index is 11.7. The van der Waals surface area contributed by atoms with Crippen molar-refractivity contribution in [3.63, 3.8) is 0 Å². The van der Waals surface area contributed by atoms with Gasteiger partial charge in [-0.05, 0) is 18.6 Å². The zero-order chi connectivity index (χ0) is 15.3. The quantitative estimate of drug-likeness (QED) is 0.693. The Labute approximate surface area is 122 Å². The van der Waals surface area contributed by atoms with Crippen LogP contribution in [-0.4, -0.2) is 37.1 Å². The van der Waals surface area contributed by atoms with E-state index in [-0.39, 0.29) is 34.4 Å². The number of nitrogens with zero attached hydrogens (tertiary/aromatic N) is 1. The molecule has 20 heavy (non-hydrogen) atoms. The predicted molar refractivity (Wildman–Crippen MR) is 79.4 cm³/mol. The molecule has 0 heterocycles. The number of carbonyl (C=O) groups is 2. The molecular weight excluding hydrogens is 282 g/mol. The van der Waals surface area contributed by atoms with Crippen LogP contribution in [0.1, 0.15) is 23.7 Å². The lowest BCUT2D eigenvalue weighted by Gasteiger charge is -2.22. The molecule has 1 amide bonds. The first kappa shape index (κ1) is 16.1. The number of anilines is 2. The van der Waals surface area contributed by atoms with E-state index >= 15 is 0 Å². The molecule has 1 rings (SSSR count).